The number of rotatable bonds is 6. The van der Waals surface area contributed by atoms with Crippen LogP contribution in [0.4, 0.5) is 0 Å². The third kappa shape index (κ3) is 4.48. The molecule has 1 aromatic rings. The zero-order valence-corrected chi connectivity index (χ0v) is 22.0. The smallest absolute Gasteiger partial charge is 0.306 e. The first kappa shape index (κ1) is 25.3. The van der Waals surface area contributed by atoms with Crippen LogP contribution >= 0.6 is 0 Å². The van der Waals surface area contributed by atoms with E-state index in [0.717, 1.165) is 37.7 Å². The molecule has 0 heterocycles. The Hall–Kier alpha value is -1.39. The third-order valence-electron chi connectivity index (χ3n) is 11.5. The van der Waals surface area contributed by atoms with E-state index in [1.54, 1.807) is 0 Å². The van der Waals surface area contributed by atoms with Gasteiger partial charge in [0.2, 0.25) is 0 Å². The second kappa shape index (κ2) is 9.82. The van der Waals surface area contributed by atoms with E-state index < -0.39 is 0 Å². The van der Waals surface area contributed by atoms with Crippen molar-refractivity contribution in [3.8, 4) is 0 Å². The number of aliphatic hydroxyl groups excluding tert-OH is 2. The van der Waals surface area contributed by atoms with Crippen LogP contribution in [0.1, 0.15) is 90.5 Å². The number of aliphatic hydroxyl groups is 2. The minimum Gasteiger partial charge on any atom is -0.461 e. The van der Waals surface area contributed by atoms with Crippen molar-refractivity contribution < 1.29 is 19.7 Å². The van der Waals surface area contributed by atoms with E-state index in [4.69, 9.17) is 4.74 Å². The van der Waals surface area contributed by atoms with Gasteiger partial charge in [0.1, 0.15) is 6.61 Å². The Morgan fingerprint density at radius 3 is 2.57 bits per heavy atom. The second-order valence-corrected chi connectivity index (χ2v) is 13.0. The molecule has 2 N–H and O–H groups in total. The van der Waals surface area contributed by atoms with Crippen molar-refractivity contribution in [2.75, 3.05) is 0 Å². The van der Waals surface area contributed by atoms with Crippen LogP contribution in [0.15, 0.2) is 30.3 Å². The van der Waals surface area contributed by atoms with Gasteiger partial charge in [0.05, 0.1) is 12.2 Å². The summed E-state index contributed by atoms with van der Waals surface area (Å²) >= 11 is 0. The molecule has 35 heavy (non-hydrogen) atoms. The van der Waals surface area contributed by atoms with Gasteiger partial charge in [0.25, 0.3) is 0 Å². The first-order valence-electron chi connectivity index (χ1n) is 14.3. The lowest BCUT2D eigenvalue weighted by Crippen LogP contribution is -2.58. The zero-order valence-electron chi connectivity index (χ0n) is 22.0. The molecule has 4 aliphatic carbocycles. The normalized spacial score (nSPS) is 43.5. The molecule has 10 atom stereocenters. The average molecular weight is 483 g/mol. The van der Waals surface area contributed by atoms with E-state index in [1.165, 1.54) is 25.7 Å². The summed E-state index contributed by atoms with van der Waals surface area (Å²) in [7, 11) is 0. The minimum absolute atomic E-state index is 0.0497. The van der Waals surface area contributed by atoms with Crippen molar-refractivity contribution in [3.05, 3.63) is 35.9 Å². The molecule has 0 radical (unpaired) electrons. The fraction of sp³-hybridized carbons (Fsp3) is 0.774. The third-order valence-corrected chi connectivity index (χ3v) is 11.5. The van der Waals surface area contributed by atoms with Crippen LogP contribution in [0, 0.1) is 46.3 Å². The predicted octanol–water partition coefficient (Wildman–Crippen LogP) is 6.14. The van der Waals surface area contributed by atoms with Gasteiger partial charge in [0, 0.05) is 6.42 Å². The predicted molar refractivity (Wildman–Crippen MR) is 137 cm³/mol. The lowest BCUT2D eigenvalue weighted by atomic mass is 9.43. The fourth-order valence-electron chi connectivity index (χ4n) is 9.52. The highest BCUT2D eigenvalue weighted by Gasteiger charge is 2.63. The van der Waals surface area contributed by atoms with E-state index in [9.17, 15) is 15.0 Å². The lowest BCUT2D eigenvalue weighted by Gasteiger charge is -2.62. The first-order chi connectivity index (χ1) is 16.7. The summed E-state index contributed by atoms with van der Waals surface area (Å²) in [6.07, 6.45) is 9.69. The Balaban J connectivity index is 1.22. The van der Waals surface area contributed by atoms with Crippen molar-refractivity contribution in [3.63, 3.8) is 0 Å². The maximum atomic E-state index is 12.5. The summed E-state index contributed by atoms with van der Waals surface area (Å²) in [5.74, 6) is 3.23. The SMILES string of the molecule is C[C@H](CCC(=O)OCc1ccccc1)C1CCC2C3CC[C@@H]4C[C@H](O)CC[C@]4(C)C3C[C@H](O)[C@@]21C. The molecule has 1 aromatic carbocycles. The Bertz CT molecular complexity index is 885. The van der Waals surface area contributed by atoms with Crippen LogP contribution in [0.5, 0.6) is 0 Å². The molecule has 0 bridgehead atoms. The fourth-order valence-corrected chi connectivity index (χ4v) is 9.52. The molecule has 0 aliphatic heterocycles. The summed E-state index contributed by atoms with van der Waals surface area (Å²) in [6.45, 7) is 7.49. The number of ether oxygens (including phenoxy) is 1. The van der Waals surface area contributed by atoms with Crippen LogP contribution in [-0.4, -0.2) is 28.4 Å². The second-order valence-electron chi connectivity index (χ2n) is 13.0. The molecular formula is C31H46O4. The molecule has 0 amide bonds. The topological polar surface area (TPSA) is 66.8 Å². The molecule has 4 heteroatoms. The van der Waals surface area contributed by atoms with Crippen molar-refractivity contribution in [1.82, 2.24) is 0 Å². The Morgan fingerprint density at radius 1 is 1.03 bits per heavy atom. The summed E-state index contributed by atoms with van der Waals surface area (Å²) < 4.78 is 5.53. The Labute approximate surface area is 211 Å². The lowest BCUT2D eigenvalue weighted by molar-refractivity contribution is -0.175. The molecule has 0 aromatic heterocycles. The average Bonchev–Trinajstić information content (AvgIpc) is 3.22. The van der Waals surface area contributed by atoms with Crippen LogP contribution in [0.25, 0.3) is 0 Å². The van der Waals surface area contributed by atoms with Gasteiger partial charge in [-0.15, -0.1) is 0 Å². The Morgan fingerprint density at radius 2 is 1.80 bits per heavy atom. The van der Waals surface area contributed by atoms with Crippen molar-refractivity contribution in [1.29, 1.82) is 0 Å². The number of esters is 1. The maximum absolute atomic E-state index is 12.5. The van der Waals surface area contributed by atoms with Crippen molar-refractivity contribution in [2.45, 2.75) is 104 Å². The number of carbonyl (C=O) groups excluding carboxylic acids is 1. The summed E-state index contributed by atoms with van der Waals surface area (Å²) in [6, 6.07) is 9.86. The standard InChI is InChI=1S/C31H46O4/c1-20(9-14-29(34)35-19-21-7-5-4-6-8-21)25-12-13-26-24-11-10-22-17-23(32)15-16-30(22,2)27(24)18-28(33)31(25,26)3/h4-8,20,22-28,32-33H,9-19H2,1-3H3/t20-,22-,23-,24?,25?,26?,27?,28+,30+,31-/m1/s1. The highest BCUT2D eigenvalue weighted by molar-refractivity contribution is 5.69. The van der Waals surface area contributed by atoms with Gasteiger partial charge in [-0.05, 0) is 110 Å². The van der Waals surface area contributed by atoms with Gasteiger partial charge in [-0.1, -0.05) is 51.1 Å². The molecule has 194 valence electrons. The summed E-state index contributed by atoms with van der Waals surface area (Å²) in [5.41, 5.74) is 1.25. The summed E-state index contributed by atoms with van der Waals surface area (Å²) in [4.78, 5) is 12.5. The molecule has 4 aliphatic rings. The number of hydrogen-bond acceptors (Lipinski definition) is 4. The van der Waals surface area contributed by atoms with Gasteiger partial charge < -0.3 is 14.9 Å². The number of fused-ring (bicyclic) bond motifs is 5. The molecule has 0 saturated heterocycles. The first-order valence-corrected chi connectivity index (χ1v) is 14.3. The monoisotopic (exact) mass is 482 g/mol. The van der Waals surface area contributed by atoms with Gasteiger partial charge in [0.15, 0.2) is 0 Å². The molecule has 4 fully saturated rings. The number of benzene rings is 1. The quantitative estimate of drug-likeness (QED) is 0.478. The van der Waals surface area contributed by atoms with E-state index in [1.807, 2.05) is 30.3 Å². The van der Waals surface area contributed by atoms with E-state index >= 15 is 0 Å². The molecule has 4 nitrogen and oxygen atoms in total. The van der Waals surface area contributed by atoms with E-state index in [2.05, 4.69) is 20.8 Å². The van der Waals surface area contributed by atoms with Crippen LogP contribution in [-0.2, 0) is 16.1 Å². The van der Waals surface area contributed by atoms with Crippen LogP contribution in [0.3, 0.4) is 0 Å². The Kier molecular flexibility index (Phi) is 7.09. The van der Waals surface area contributed by atoms with E-state index in [0.29, 0.717) is 48.5 Å². The highest BCUT2D eigenvalue weighted by atomic mass is 16.5. The highest BCUT2D eigenvalue weighted by Crippen LogP contribution is 2.68. The van der Waals surface area contributed by atoms with Gasteiger partial charge in [-0.3, -0.25) is 4.79 Å². The van der Waals surface area contributed by atoms with Crippen molar-refractivity contribution in [2.24, 2.45) is 46.3 Å². The van der Waals surface area contributed by atoms with Gasteiger partial charge in [-0.25, -0.2) is 0 Å². The van der Waals surface area contributed by atoms with Crippen molar-refractivity contribution >= 4 is 5.97 Å². The van der Waals surface area contributed by atoms with Crippen LogP contribution in [0.2, 0.25) is 0 Å². The van der Waals surface area contributed by atoms with Crippen LogP contribution < -0.4 is 0 Å². The van der Waals surface area contributed by atoms with E-state index in [-0.39, 0.29) is 29.0 Å². The molecular weight excluding hydrogens is 436 g/mol. The summed E-state index contributed by atoms with van der Waals surface area (Å²) in [5, 5.41) is 22.0. The zero-order chi connectivity index (χ0) is 24.8. The molecule has 0 spiro atoms. The number of hydrogen-bond donors (Lipinski definition) is 2. The minimum atomic E-state index is -0.267. The molecule has 4 unspecified atom stereocenters. The molecule has 4 saturated carbocycles. The van der Waals surface area contributed by atoms with Gasteiger partial charge >= 0.3 is 5.97 Å². The largest absolute Gasteiger partial charge is 0.461 e. The van der Waals surface area contributed by atoms with Gasteiger partial charge in [-0.2, -0.15) is 0 Å². The number of carbonyl (C=O) groups is 1. The molecule has 5 rings (SSSR count). The maximum Gasteiger partial charge on any atom is 0.306 e.